The molecule has 0 bridgehead atoms. The summed E-state index contributed by atoms with van der Waals surface area (Å²) in [6.45, 7) is 6.64. The third-order valence-corrected chi connectivity index (χ3v) is 5.21. The lowest BCUT2D eigenvalue weighted by Crippen LogP contribution is -2.21. The molecule has 7 nitrogen and oxygen atoms in total. The minimum atomic E-state index is -0.572. The number of nitrogens with one attached hydrogen (secondary N) is 1. The van der Waals surface area contributed by atoms with Gasteiger partial charge in [-0.1, -0.05) is 11.6 Å². The molecule has 0 atom stereocenters. The number of aromatic nitrogens is 2. The van der Waals surface area contributed by atoms with Crippen molar-refractivity contribution in [1.29, 1.82) is 0 Å². The lowest BCUT2D eigenvalue weighted by atomic mass is 10.1. The molecule has 0 fully saturated rings. The summed E-state index contributed by atoms with van der Waals surface area (Å²) in [5.74, 6) is -1.13. The van der Waals surface area contributed by atoms with E-state index in [0.29, 0.717) is 26.2 Å². The summed E-state index contributed by atoms with van der Waals surface area (Å²) >= 11 is 6.98. The van der Waals surface area contributed by atoms with Crippen LogP contribution in [0.5, 0.6) is 0 Å². The molecule has 0 aromatic carbocycles. The zero-order valence-electron chi connectivity index (χ0n) is 14.3. The number of ketones is 1. The van der Waals surface area contributed by atoms with Crippen LogP contribution in [0.4, 0.5) is 5.00 Å². The van der Waals surface area contributed by atoms with Gasteiger partial charge in [0, 0.05) is 0 Å². The van der Waals surface area contributed by atoms with E-state index in [0.717, 1.165) is 11.3 Å². The minimum Gasteiger partial charge on any atom is -0.462 e. The largest absolute Gasteiger partial charge is 0.462 e. The highest BCUT2D eigenvalue weighted by Gasteiger charge is 2.25. The van der Waals surface area contributed by atoms with Crippen molar-refractivity contribution in [3.8, 4) is 0 Å². The van der Waals surface area contributed by atoms with Crippen molar-refractivity contribution in [2.45, 2.75) is 34.2 Å². The summed E-state index contributed by atoms with van der Waals surface area (Å²) < 4.78 is 6.49. The van der Waals surface area contributed by atoms with Crippen molar-refractivity contribution in [2.24, 2.45) is 0 Å². The zero-order valence-corrected chi connectivity index (χ0v) is 15.9. The average Bonchev–Trinajstić information content (AvgIpc) is 3.02. The van der Waals surface area contributed by atoms with Crippen LogP contribution in [0.3, 0.4) is 0 Å². The topological polar surface area (TPSA) is 90.3 Å². The number of thiophene rings is 1. The van der Waals surface area contributed by atoms with Gasteiger partial charge >= 0.3 is 5.97 Å². The first kappa shape index (κ1) is 19.1. The molecule has 1 N–H and O–H groups in total. The number of anilines is 1. The summed E-state index contributed by atoms with van der Waals surface area (Å²) in [6, 6.07) is 0. The van der Waals surface area contributed by atoms with Gasteiger partial charge in [0.05, 0.1) is 34.0 Å². The van der Waals surface area contributed by atoms with E-state index < -0.39 is 5.97 Å². The van der Waals surface area contributed by atoms with Gasteiger partial charge in [0.25, 0.3) is 0 Å². The summed E-state index contributed by atoms with van der Waals surface area (Å²) in [5.41, 5.74) is 1.37. The number of hydrogen-bond acceptors (Lipinski definition) is 6. The fraction of sp³-hybridized carbons (Fsp3) is 0.375. The Hall–Kier alpha value is -2.19. The summed E-state index contributed by atoms with van der Waals surface area (Å²) in [4.78, 5) is 36.7. The number of amides is 1. The second-order valence-electron chi connectivity index (χ2n) is 5.32. The number of esters is 1. The zero-order chi connectivity index (χ0) is 18.7. The Labute approximate surface area is 153 Å². The van der Waals surface area contributed by atoms with Gasteiger partial charge in [0.15, 0.2) is 5.78 Å². The van der Waals surface area contributed by atoms with Crippen LogP contribution in [0.25, 0.3) is 0 Å². The summed E-state index contributed by atoms with van der Waals surface area (Å²) in [5, 5.41) is 7.45. The van der Waals surface area contributed by atoms with Crippen LogP contribution in [0.15, 0.2) is 6.20 Å². The highest BCUT2D eigenvalue weighted by Crippen LogP contribution is 2.34. The van der Waals surface area contributed by atoms with Gasteiger partial charge in [-0.25, -0.2) is 4.79 Å². The maximum absolute atomic E-state index is 12.3. The number of halogens is 1. The fourth-order valence-electron chi connectivity index (χ4n) is 2.27. The Morgan fingerprint density at radius 1 is 1.36 bits per heavy atom. The molecule has 0 spiro atoms. The molecule has 0 aliphatic rings. The first-order valence-corrected chi connectivity index (χ1v) is 8.74. The molecule has 2 aromatic rings. The lowest BCUT2D eigenvalue weighted by molar-refractivity contribution is -0.116. The maximum atomic E-state index is 12.3. The average molecular weight is 384 g/mol. The number of rotatable bonds is 6. The van der Waals surface area contributed by atoms with E-state index in [2.05, 4.69) is 10.4 Å². The summed E-state index contributed by atoms with van der Waals surface area (Å²) in [7, 11) is 0. The molecule has 1 amide bonds. The van der Waals surface area contributed by atoms with Gasteiger partial charge < -0.3 is 10.1 Å². The molecule has 0 aliphatic heterocycles. The van der Waals surface area contributed by atoms with Gasteiger partial charge in [-0.2, -0.15) is 5.10 Å². The Balaban J connectivity index is 2.29. The monoisotopic (exact) mass is 383 g/mol. The van der Waals surface area contributed by atoms with Crippen molar-refractivity contribution in [1.82, 2.24) is 9.78 Å². The molecule has 0 saturated heterocycles. The number of hydrogen-bond donors (Lipinski definition) is 1. The number of Topliss-reactive ketones (excluding diaryl/α,β-unsaturated/α-hetero) is 1. The van der Waals surface area contributed by atoms with Crippen LogP contribution in [-0.4, -0.2) is 34.0 Å². The Morgan fingerprint density at radius 3 is 2.56 bits per heavy atom. The van der Waals surface area contributed by atoms with E-state index in [-0.39, 0.29) is 30.4 Å². The fourth-order valence-corrected chi connectivity index (χ4v) is 3.52. The first-order chi connectivity index (χ1) is 11.8. The molecule has 2 aromatic heterocycles. The van der Waals surface area contributed by atoms with Gasteiger partial charge in [0.1, 0.15) is 11.5 Å². The van der Waals surface area contributed by atoms with Crippen molar-refractivity contribution in [2.75, 3.05) is 11.9 Å². The molecule has 0 saturated carbocycles. The third-order valence-electron chi connectivity index (χ3n) is 3.54. The standard InChI is InChI=1S/C16H18ClN3O4S/c1-5-24-16(23)13-8(2)14(10(4)21)25-15(13)19-12(22)7-20-9(3)11(17)6-18-20/h6H,5,7H2,1-4H3,(H,19,22). The number of carbonyl (C=O) groups excluding carboxylic acids is 3. The normalized spacial score (nSPS) is 10.6. The molecular formula is C16H18ClN3O4S. The highest BCUT2D eigenvalue weighted by atomic mass is 35.5. The molecule has 0 unspecified atom stereocenters. The molecule has 0 aliphatic carbocycles. The molecule has 25 heavy (non-hydrogen) atoms. The van der Waals surface area contributed by atoms with Crippen molar-refractivity contribution >= 4 is 45.6 Å². The van der Waals surface area contributed by atoms with E-state index in [1.54, 1.807) is 20.8 Å². The van der Waals surface area contributed by atoms with Crippen LogP contribution in [0, 0.1) is 13.8 Å². The van der Waals surface area contributed by atoms with Crippen LogP contribution >= 0.6 is 22.9 Å². The third kappa shape index (κ3) is 4.08. The second-order valence-corrected chi connectivity index (χ2v) is 6.75. The van der Waals surface area contributed by atoms with Crippen molar-refractivity contribution < 1.29 is 19.1 Å². The van der Waals surface area contributed by atoms with E-state index in [1.165, 1.54) is 17.8 Å². The molecule has 2 rings (SSSR count). The van der Waals surface area contributed by atoms with Gasteiger partial charge in [-0.15, -0.1) is 11.3 Å². The molecule has 0 radical (unpaired) electrons. The Morgan fingerprint density at radius 2 is 2.04 bits per heavy atom. The first-order valence-electron chi connectivity index (χ1n) is 7.55. The van der Waals surface area contributed by atoms with Crippen LogP contribution in [-0.2, 0) is 16.1 Å². The Kier molecular flexibility index (Phi) is 5.97. The molecule has 134 valence electrons. The quantitative estimate of drug-likeness (QED) is 0.610. The minimum absolute atomic E-state index is 0.0623. The highest BCUT2D eigenvalue weighted by molar-refractivity contribution is 7.18. The maximum Gasteiger partial charge on any atom is 0.341 e. The predicted molar refractivity (Wildman–Crippen MR) is 95.6 cm³/mol. The molecule has 2 heterocycles. The number of carbonyl (C=O) groups is 3. The van der Waals surface area contributed by atoms with Crippen LogP contribution in [0.2, 0.25) is 5.02 Å². The van der Waals surface area contributed by atoms with E-state index in [1.807, 2.05) is 0 Å². The summed E-state index contributed by atoms with van der Waals surface area (Å²) in [6.07, 6.45) is 1.46. The van der Waals surface area contributed by atoms with Crippen LogP contribution < -0.4 is 5.32 Å². The second kappa shape index (κ2) is 7.79. The number of nitrogens with zero attached hydrogens (tertiary/aromatic N) is 2. The SMILES string of the molecule is CCOC(=O)c1c(NC(=O)Cn2ncc(Cl)c2C)sc(C(C)=O)c1C. The molecular weight excluding hydrogens is 366 g/mol. The van der Waals surface area contributed by atoms with Gasteiger partial charge in [-0.3, -0.25) is 14.3 Å². The van der Waals surface area contributed by atoms with E-state index >= 15 is 0 Å². The van der Waals surface area contributed by atoms with E-state index in [4.69, 9.17) is 16.3 Å². The van der Waals surface area contributed by atoms with E-state index in [9.17, 15) is 14.4 Å². The number of ether oxygens (including phenoxy) is 1. The van der Waals surface area contributed by atoms with Gasteiger partial charge in [-0.05, 0) is 33.3 Å². The van der Waals surface area contributed by atoms with Crippen LogP contribution in [0.1, 0.15) is 45.1 Å². The smallest absolute Gasteiger partial charge is 0.341 e. The van der Waals surface area contributed by atoms with Crippen molar-refractivity contribution in [3.63, 3.8) is 0 Å². The Bertz CT molecular complexity index is 841. The van der Waals surface area contributed by atoms with Crippen molar-refractivity contribution in [3.05, 3.63) is 32.9 Å². The van der Waals surface area contributed by atoms with Gasteiger partial charge in [0.2, 0.25) is 5.91 Å². The predicted octanol–water partition coefficient (Wildman–Crippen LogP) is 3.23. The lowest BCUT2D eigenvalue weighted by Gasteiger charge is -2.08. The molecule has 9 heteroatoms.